The first-order valence-electron chi connectivity index (χ1n) is 11.9. The minimum Gasteiger partial charge on any atom is -0.508 e. The molecular weight excluding hydrogens is 460 g/mol. The average Bonchev–Trinajstić information content (AvgIpc) is 3.55. The van der Waals surface area contributed by atoms with Crippen LogP contribution in [0.2, 0.25) is 0 Å². The molecule has 0 spiro atoms. The van der Waals surface area contributed by atoms with E-state index in [0.29, 0.717) is 0 Å². The number of hydrogen-bond donors (Lipinski definition) is 2. The predicted octanol–water partition coefficient (Wildman–Crippen LogP) is 3.40. The number of phenolic OH excluding ortho intramolecular Hbond substituents is 2. The summed E-state index contributed by atoms with van der Waals surface area (Å²) in [4.78, 5) is 15.3. The Hall–Kier alpha value is -4.08. The summed E-state index contributed by atoms with van der Waals surface area (Å²) in [5.74, 6) is -0.659. The van der Waals surface area contributed by atoms with E-state index < -0.39 is 5.78 Å². The topological polar surface area (TPSA) is 102 Å². The highest BCUT2D eigenvalue weighted by molar-refractivity contribution is 6.17. The van der Waals surface area contributed by atoms with Crippen LogP contribution in [-0.4, -0.2) is 68.1 Å². The maximum Gasteiger partial charge on any atom is 0.235 e. The summed E-state index contributed by atoms with van der Waals surface area (Å²) in [6.45, 7) is 5.14. The van der Waals surface area contributed by atoms with Crippen LogP contribution in [0.5, 0.6) is 17.2 Å². The highest BCUT2D eigenvalue weighted by Gasteiger charge is 2.31. The molecule has 2 aromatic heterocycles. The Morgan fingerprint density at radius 1 is 1.11 bits per heavy atom. The summed E-state index contributed by atoms with van der Waals surface area (Å²) in [5, 5.41) is 25.5. The third-order valence-electron chi connectivity index (χ3n) is 6.76. The Morgan fingerprint density at radius 2 is 1.94 bits per heavy atom. The Labute approximate surface area is 207 Å². The number of Topliss-reactive ketones (excluding diaryl/α,β-unsaturated/α-hetero) is 1. The standard InChI is InChI=1S/C27H26N4O5/c1-29-15-17(11-24-27(34)26-22(33)12-19(32)13-23(26)36-24)25-20(3-2-4-21(25)29)18-14-28-31(16-18)6-5-30-7-9-35-10-8-30/h2-4,11-16,32-33H,5-10H2,1H3. The van der Waals surface area contributed by atoms with Gasteiger partial charge in [-0.15, -0.1) is 0 Å². The number of allylic oxidation sites excluding steroid dienone is 1. The molecule has 0 saturated carbocycles. The van der Waals surface area contributed by atoms with E-state index in [0.717, 1.165) is 73.1 Å². The summed E-state index contributed by atoms with van der Waals surface area (Å²) in [7, 11) is 1.95. The number of aromatic hydroxyl groups is 2. The van der Waals surface area contributed by atoms with Crippen LogP contribution in [0.4, 0.5) is 0 Å². The fraction of sp³-hybridized carbons (Fsp3) is 0.259. The maximum atomic E-state index is 13.0. The number of carbonyl (C=O) groups is 1. The van der Waals surface area contributed by atoms with E-state index in [4.69, 9.17) is 9.47 Å². The molecule has 6 rings (SSSR count). The Morgan fingerprint density at radius 3 is 2.78 bits per heavy atom. The van der Waals surface area contributed by atoms with Gasteiger partial charge in [-0.1, -0.05) is 12.1 Å². The number of rotatable bonds is 5. The number of ether oxygens (including phenoxy) is 2. The lowest BCUT2D eigenvalue weighted by atomic mass is 10.0. The molecule has 0 bridgehead atoms. The lowest BCUT2D eigenvalue weighted by Crippen LogP contribution is -2.38. The van der Waals surface area contributed by atoms with E-state index in [9.17, 15) is 15.0 Å². The monoisotopic (exact) mass is 486 g/mol. The van der Waals surface area contributed by atoms with Gasteiger partial charge in [-0.2, -0.15) is 5.10 Å². The first-order valence-corrected chi connectivity index (χ1v) is 11.9. The fourth-order valence-corrected chi connectivity index (χ4v) is 4.94. The van der Waals surface area contributed by atoms with E-state index in [1.54, 1.807) is 6.08 Å². The second-order valence-corrected chi connectivity index (χ2v) is 9.12. The molecule has 184 valence electrons. The van der Waals surface area contributed by atoms with Crippen molar-refractivity contribution in [3.8, 4) is 28.4 Å². The van der Waals surface area contributed by atoms with Crippen molar-refractivity contribution in [1.29, 1.82) is 0 Å². The number of carbonyl (C=O) groups excluding carboxylic acids is 1. The van der Waals surface area contributed by atoms with Crippen LogP contribution in [0.25, 0.3) is 28.1 Å². The Kier molecular flexibility index (Phi) is 5.50. The molecule has 9 nitrogen and oxygen atoms in total. The molecule has 2 N–H and O–H groups in total. The summed E-state index contributed by atoms with van der Waals surface area (Å²) in [6, 6.07) is 8.54. The SMILES string of the molecule is Cn1cc(C=C2Oc3cc(O)cc(O)c3C2=O)c2c(-c3cnn(CCN4CCOCC4)c3)cccc21. The molecular formula is C27H26N4O5. The van der Waals surface area contributed by atoms with E-state index in [1.165, 1.54) is 6.07 Å². The minimum absolute atomic E-state index is 0.0565. The molecule has 2 aliphatic rings. The van der Waals surface area contributed by atoms with E-state index in [1.807, 2.05) is 53.1 Å². The van der Waals surface area contributed by atoms with Crippen molar-refractivity contribution >= 4 is 22.8 Å². The van der Waals surface area contributed by atoms with Crippen LogP contribution in [0.15, 0.2) is 54.7 Å². The van der Waals surface area contributed by atoms with Gasteiger partial charge in [-0.3, -0.25) is 14.4 Å². The Balaban J connectivity index is 1.34. The predicted molar refractivity (Wildman–Crippen MR) is 134 cm³/mol. The van der Waals surface area contributed by atoms with Crippen molar-refractivity contribution in [3.05, 3.63) is 65.8 Å². The number of benzene rings is 2. The third kappa shape index (κ3) is 3.92. The molecule has 9 heteroatoms. The van der Waals surface area contributed by atoms with Crippen LogP contribution >= 0.6 is 0 Å². The molecule has 0 aliphatic carbocycles. The van der Waals surface area contributed by atoms with Gasteiger partial charge in [0.2, 0.25) is 5.78 Å². The van der Waals surface area contributed by atoms with Gasteiger partial charge in [0.05, 0.1) is 26.0 Å². The average molecular weight is 487 g/mol. The van der Waals surface area contributed by atoms with Gasteiger partial charge in [0, 0.05) is 73.2 Å². The molecule has 0 amide bonds. The maximum absolute atomic E-state index is 13.0. The van der Waals surface area contributed by atoms with Crippen molar-refractivity contribution in [2.24, 2.45) is 7.05 Å². The minimum atomic E-state index is -0.423. The van der Waals surface area contributed by atoms with Gasteiger partial charge in [-0.25, -0.2) is 0 Å². The molecule has 36 heavy (non-hydrogen) atoms. The molecule has 0 atom stereocenters. The number of fused-ring (bicyclic) bond motifs is 2. The molecule has 0 unspecified atom stereocenters. The normalized spacial score (nSPS) is 17.1. The first-order chi connectivity index (χ1) is 17.5. The van der Waals surface area contributed by atoms with Gasteiger partial charge in [-0.05, 0) is 17.7 Å². The second-order valence-electron chi connectivity index (χ2n) is 9.12. The van der Waals surface area contributed by atoms with Crippen molar-refractivity contribution < 1.29 is 24.5 Å². The lowest BCUT2D eigenvalue weighted by molar-refractivity contribution is 0.0360. The summed E-state index contributed by atoms with van der Waals surface area (Å²) in [6.07, 6.45) is 7.55. The number of morpholine rings is 1. The van der Waals surface area contributed by atoms with Gasteiger partial charge >= 0.3 is 0 Å². The van der Waals surface area contributed by atoms with Crippen LogP contribution in [0, 0.1) is 0 Å². The zero-order valence-electron chi connectivity index (χ0n) is 19.8. The van der Waals surface area contributed by atoms with E-state index in [2.05, 4.69) is 10.00 Å². The molecule has 4 aromatic rings. The largest absolute Gasteiger partial charge is 0.508 e. The fourth-order valence-electron chi connectivity index (χ4n) is 4.94. The number of aryl methyl sites for hydroxylation is 1. The quantitative estimate of drug-likeness (QED) is 0.417. The molecule has 0 radical (unpaired) electrons. The van der Waals surface area contributed by atoms with Crippen molar-refractivity contribution in [2.75, 3.05) is 32.8 Å². The second kappa shape index (κ2) is 8.85. The van der Waals surface area contributed by atoms with Crippen molar-refractivity contribution in [2.45, 2.75) is 6.54 Å². The highest BCUT2D eigenvalue weighted by Crippen LogP contribution is 2.41. The highest BCUT2D eigenvalue weighted by atomic mass is 16.5. The lowest BCUT2D eigenvalue weighted by Gasteiger charge is -2.26. The van der Waals surface area contributed by atoms with Gasteiger partial charge in [0.1, 0.15) is 22.8 Å². The van der Waals surface area contributed by atoms with Crippen molar-refractivity contribution in [3.63, 3.8) is 0 Å². The number of aromatic nitrogens is 3. The van der Waals surface area contributed by atoms with Gasteiger partial charge < -0.3 is 24.3 Å². The zero-order valence-corrected chi connectivity index (χ0v) is 19.8. The smallest absolute Gasteiger partial charge is 0.235 e. The molecule has 1 saturated heterocycles. The van der Waals surface area contributed by atoms with Gasteiger partial charge in [0.15, 0.2) is 5.76 Å². The number of ketones is 1. The number of phenols is 2. The van der Waals surface area contributed by atoms with Crippen LogP contribution < -0.4 is 4.74 Å². The zero-order chi connectivity index (χ0) is 24.8. The number of nitrogens with zero attached hydrogens (tertiary/aromatic N) is 4. The first kappa shape index (κ1) is 22.4. The van der Waals surface area contributed by atoms with Crippen molar-refractivity contribution in [1.82, 2.24) is 19.2 Å². The summed E-state index contributed by atoms with van der Waals surface area (Å²) >= 11 is 0. The van der Waals surface area contributed by atoms with E-state index >= 15 is 0 Å². The molecule has 4 heterocycles. The summed E-state index contributed by atoms with van der Waals surface area (Å²) in [5.41, 5.74) is 3.85. The van der Waals surface area contributed by atoms with Crippen LogP contribution in [0.1, 0.15) is 15.9 Å². The molecule has 2 aliphatic heterocycles. The van der Waals surface area contributed by atoms with Crippen LogP contribution in [-0.2, 0) is 18.3 Å². The molecule has 2 aromatic carbocycles. The van der Waals surface area contributed by atoms with Gasteiger partial charge in [0.25, 0.3) is 0 Å². The van der Waals surface area contributed by atoms with Crippen LogP contribution in [0.3, 0.4) is 0 Å². The van der Waals surface area contributed by atoms with E-state index in [-0.39, 0.29) is 28.6 Å². The Bertz CT molecular complexity index is 1510. The molecule has 1 fully saturated rings. The third-order valence-corrected chi connectivity index (χ3v) is 6.76. The summed E-state index contributed by atoms with van der Waals surface area (Å²) < 4.78 is 15.1. The number of hydrogen-bond acceptors (Lipinski definition) is 7.